The standard InChI is InChI=1S/C19H24OS/c1-13-12-18(21-14(13)2)19(20)17-10-8-16(9-11-17)15-6-4-3-5-7-15/h8-12,15,19-20H,3-7H2,1-2H3. The second-order valence-corrected chi connectivity index (χ2v) is 7.58. The Hall–Kier alpha value is -1.12. The molecule has 1 N–H and O–H groups in total. The van der Waals surface area contributed by atoms with E-state index >= 15 is 0 Å². The van der Waals surface area contributed by atoms with Crippen molar-refractivity contribution in [2.75, 3.05) is 0 Å². The van der Waals surface area contributed by atoms with E-state index < -0.39 is 6.10 Å². The van der Waals surface area contributed by atoms with Crippen molar-refractivity contribution >= 4 is 11.3 Å². The van der Waals surface area contributed by atoms with Gasteiger partial charge in [0.2, 0.25) is 0 Å². The summed E-state index contributed by atoms with van der Waals surface area (Å²) in [7, 11) is 0. The molecule has 3 rings (SSSR count). The average Bonchev–Trinajstić information content (AvgIpc) is 2.87. The van der Waals surface area contributed by atoms with Gasteiger partial charge in [0.15, 0.2) is 0 Å². The van der Waals surface area contributed by atoms with Crippen LogP contribution in [0, 0.1) is 13.8 Å². The van der Waals surface area contributed by atoms with Crippen LogP contribution in [0.15, 0.2) is 30.3 Å². The highest BCUT2D eigenvalue weighted by molar-refractivity contribution is 7.12. The summed E-state index contributed by atoms with van der Waals surface area (Å²) in [5, 5.41) is 10.5. The molecular weight excluding hydrogens is 276 g/mol. The monoisotopic (exact) mass is 300 g/mol. The van der Waals surface area contributed by atoms with Crippen LogP contribution in [0.1, 0.15) is 70.6 Å². The Morgan fingerprint density at radius 1 is 1.05 bits per heavy atom. The summed E-state index contributed by atoms with van der Waals surface area (Å²) in [5.41, 5.74) is 3.73. The van der Waals surface area contributed by atoms with Gasteiger partial charge in [-0.1, -0.05) is 43.5 Å². The molecule has 1 aromatic heterocycles. The lowest BCUT2D eigenvalue weighted by Gasteiger charge is -2.22. The van der Waals surface area contributed by atoms with E-state index in [9.17, 15) is 5.11 Å². The Kier molecular flexibility index (Phi) is 4.46. The predicted molar refractivity (Wildman–Crippen MR) is 90.1 cm³/mol. The largest absolute Gasteiger partial charge is 0.383 e. The third kappa shape index (κ3) is 3.22. The van der Waals surface area contributed by atoms with Gasteiger partial charge in [-0.3, -0.25) is 0 Å². The van der Waals surface area contributed by atoms with E-state index in [2.05, 4.69) is 44.2 Å². The molecule has 2 aromatic rings. The normalized spacial score (nSPS) is 17.9. The second kappa shape index (κ2) is 6.33. The first-order valence-electron chi connectivity index (χ1n) is 8.00. The molecule has 1 nitrogen and oxygen atoms in total. The molecule has 2 heteroatoms. The fraction of sp³-hybridized carbons (Fsp3) is 0.474. The summed E-state index contributed by atoms with van der Waals surface area (Å²) in [4.78, 5) is 2.35. The minimum atomic E-state index is -0.484. The molecular formula is C19H24OS. The molecule has 0 bridgehead atoms. The average molecular weight is 300 g/mol. The third-order valence-electron chi connectivity index (χ3n) is 4.78. The molecule has 1 unspecified atom stereocenters. The van der Waals surface area contributed by atoms with Gasteiger partial charge in [-0.15, -0.1) is 11.3 Å². The predicted octanol–water partition coefficient (Wildman–Crippen LogP) is 5.49. The molecule has 1 aliphatic rings. The summed E-state index contributed by atoms with van der Waals surface area (Å²) in [6.45, 7) is 4.22. The molecule has 0 aliphatic heterocycles. The first kappa shape index (κ1) is 14.8. The van der Waals surface area contributed by atoms with Gasteiger partial charge in [-0.05, 0) is 55.4 Å². The highest BCUT2D eigenvalue weighted by atomic mass is 32.1. The number of hydrogen-bond donors (Lipinski definition) is 1. The zero-order valence-electron chi connectivity index (χ0n) is 12.9. The molecule has 1 aliphatic carbocycles. The Labute approximate surface area is 131 Å². The van der Waals surface area contributed by atoms with Gasteiger partial charge in [0.25, 0.3) is 0 Å². The number of aryl methyl sites for hydroxylation is 2. The molecule has 0 amide bonds. The van der Waals surface area contributed by atoms with Gasteiger partial charge in [0.05, 0.1) is 0 Å². The zero-order valence-corrected chi connectivity index (χ0v) is 13.7. The van der Waals surface area contributed by atoms with E-state index in [0.29, 0.717) is 0 Å². The zero-order chi connectivity index (χ0) is 14.8. The molecule has 1 atom stereocenters. The fourth-order valence-electron chi connectivity index (χ4n) is 3.29. The van der Waals surface area contributed by atoms with Crippen LogP contribution in [-0.2, 0) is 0 Å². The maximum atomic E-state index is 10.5. The summed E-state index contributed by atoms with van der Waals surface area (Å²) < 4.78 is 0. The van der Waals surface area contributed by atoms with E-state index in [-0.39, 0.29) is 0 Å². The first-order chi connectivity index (χ1) is 10.1. The van der Waals surface area contributed by atoms with Crippen LogP contribution in [0.3, 0.4) is 0 Å². The van der Waals surface area contributed by atoms with Crippen molar-refractivity contribution in [3.63, 3.8) is 0 Å². The number of hydrogen-bond acceptors (Lipinski definition) is 2. The number of aliphatic hydroxyl groups is 1. The van der Waals surface area contributed by atoms with Crippen LogP contribution in [0.5, 0.6) is 0 Å². The molecule has 1 fully saturated rings. The summed E-state index contributed by atoms with van der Waals surface area (Å²) in [5.74, 6) is 0.733. The van der Waals surface area contributed by atoms with Crippen molar-refractivity contribution in [1.82, 2.24) is 0 Å². The fourth-order valence-corrected chi connectivity index (χ4v) is 4.34. The highest BCUT2D eigenvalue weighted by Gasteiger charge is 2.17. The van der Waals surface area contributed by atoms with Crippen molar-refractivity contribution in [1.29, 1.82) is 0 Å². The molecule has 0 saturated heterocycles. The van der Waals surface area contributed by atoms with Crippen LogP contribution in [-0.4, -0.2) is 5.11 Å². The van der Waals surface area contributed by atoms with E-state index in [1.54, 1.807) is 11.3 Å². The van der Waals surface area contributed by atoms with Crippen LogP contribution in [0.2, 0.25) is 0 Å². The third-order valence-corrected chi connectivity index (χ3v) is 5.99. The van der Waals surface area contributed by atoms with E-state index in [1.807, 2.05) is 0 Å². The van der Waals surface area contributed by atoms with Crippen molar-refractivity contribution < 1.29 is 5.11 Å². The highest BCUT2D eigenvalue weighted by Crippen LogP contribution is 2.34. The number of rotatable bonds is 3. The Balaban J connectivity index is 1.76. The number of benzene rings is 1. The molecule has 1 heterocycles. The molecule has 112 valence electrons. The van der Waals surface area contributed by atoms with Gasteiger partial charge < -0.3 is 5.11 Å². The smallest absolute Gasteiger partial charge is 0.113 e. The summed E-state index contributed by atoms with van der Waals surface area (Å²) in [6, 6.07) is 10.8. The number of aliphatic hydroxyl groups excluding tert-OH is 1. The van der Waals surface area contributed by atoms with Crippen LogP contribution in [0.4, 0.5) is 0 Å². The maximum absolute atomic E-state index is 10.5. The van der Waals surface area contributed by atoms with Crippen LogP contribution in [0.25, 0.3) is 0 Å². The van der Waals surface area contributed by atoms with Gasteiger partial charge in [-0.25, -0.2) is 0 Å². The summed E-state index contributed by atoms with van der Waals surface area (Å²) in [6.07, 6.45) is 6.29. The van der Waals surface area contributed by atoms with Crippen molar-refractivity contribution in [3.05, 3.63) is 56.8 Å². The topological polar surface area (TPSA) is 20.2 Å². The van der Waals surface area contributed by atoms with Gasteiger partial charge in [0.1, 0.15) is 6.10 Å². The Morgan fingerprint density at radius 3 is 2.29 bits per heavy atom. The molecule has 21 heavy (non-hydrogen) atoms. The van der Waals surface area contributed by atoms with Crippen LogP contribution >= 0.6 is 11.3 Å². The van der Waals surface area contributed by atoms with E-state index in [0.717, 1.165) is 16.4 Å². The lowest BCUT2D eigenvalue weighted by Crippen LogP contribution is -2.05. The Bertz CT molecular complexity index is 571. The molecule has 0 spiro atoms. The van der Waals surface area contributed by atoms with E-state index in [4.69, 9.17) is 0 Å². The van der Waals surface area contributed by atoms with Crippen molar-refractivity contribution in [2.45, 2.75) is 58.0 Å². The minimum absolute atomic E-state index is 0.484. The van der Waals surface area contributed by atoms with Gasteiger partial charge in [0, 0.05) is 9.75 Å². The Morgan fingerprint density at radius 2 is 1.71 bits per heavy atom. The minimum Gasteiger partial charge on any atom is -0.383 e. The van der Waals surface area contributed by atoms with Gasteiger partial charge >= 0.3 is 0 Å². The molecule has 0 radical (unpaired) electrons. The second-order valence-electron chi connectivity index (χ2n) is 6.29. The van der Waals surface area contributed by atoms with Crippen LogP contribution < -0.4 is 0 Å². The SMILES string of the molecule is Cc1cc(C(O)c2ccc(C3CCCCC3)cc2)sc1C. The van der Waals surface area contributed by atoms with E-state index in [1.165, 1.54) is 48.1 Å². The van der Waals surface area contributed by atoms with Crippen molar-refractivity contribution in [3.8, 4) is 0 Å². The first-order valence-corrected chi connectivity index (χ1v) is 8.81. The number of thiophene rings is 1. The quantitative estimate of drug-likeness (QED) is 0.794. The summed E-state index contributed by atoms with van der Waals surface area (Å²) >= 11 is 1.70. The van der Waals surface area contributed by atoms with Gasteiger partial charge in [-0.2, -0.15) is 0 Å². The lowest BCUT2D eigenvalue weighted by atomic mass is 9.84. The van der Waals surface area contributed by atoms with Crippen molar-refractivity contribution in [2.24, 2.45) is 0 Å². The maximum Gasteiger partial charge on any atom is 0.113 e. The molecule has 1 aromatic carbocycles. The molecule has 1 saturated carbocycles. The lowest BCUT2D eigenvalue weighted by molar-refractivity contribution is 0.224.